The quantitative estimate of drug-likeness (QED) is 0.620. The van der Waals surface area contributed by atoms with Gasteiger partial charge in [0.2, 0.25) is 0 Å². The van der Waals surface area contributed by atoms with Crippen LogP contribution in [-0.4, -0.2) is 35.1 Å². The maximum Gasteiger partial charge on any atom is 0.168 e. The summed E-state index contributed by atoms with van der Waals surface area (Å²) in [5.41, 5.74) is 1.29. The molecule has 1 aromatic rings. The van der Waals surface area contributed by atoms with E-state index in [1.165, 1.54) is 18.4 Å². The maximum atomic E-state index is 5.31. The van der Waals surface area contributed by atoms with Crippen molar-refractivity contribution in [3.63, 3.8) is 0 Å². The number of unbranched alkanes of at least 4 members (excludes halogenated alkanes) is 1. The van der Waals surface area contributed by atoms with Gasteiger partial charge < -0.3 is 10.2 Å². The van der Waals surface area contributed by atoms with Gasteiger partial charge in [-0.15, -0.1) is 0 Å². The van der Waals surface area contributed by atoms with Crippen molar-refractivity contribution >= 4 is 17.3 Å². The third-order valence-corrected chi connectivity index (χ3v) is 3.09. The Morgan fingerprint density at radius 1 is 1.41 bits per heavy atom. The Morgan fingerprint density at radius 2 is 2.12 bits per heavy atom. The second-order valence-corrected chi connectivity index (χ2v) is 4.50. The monoisotopic (exact) mass is 251 g/mol. The summed E-state index contributed by atoms with van der Waals surface area (Å²) < 4.78 is 0. The Balaban J connectivity index is 2.24. The fourth-order valence-corrected chi connectivity index (χ4v) is 1.65. The van der Waals surface area contributed by atoms with Crippen molar-refractivity contribution in [1.82, 2.24) is 15.2 Å². The third kappa shape index (κ3) is 5.63. The van der Waals surface area contributed by atoms with Gasteiger partial charge in [-0.25, -0.2) is 0 Å². The van der Waals surface area contributed by atoms with Crippen molar-refractivity contribution in [3.8, 4) is 0 Å². The lowest BCUT2D eigenvalue weighted by atomic mass is 10.2. The number of hydrogen-bond donors (Lipinski definition) is 1. The van der Waals surface area contributed by atoms with Gasteiger partial charge in [-0.1, -0.05) is 13.3 Å². The van der Waals surface area contributed by atoms with E-state index in [0.29, 0.717) is 0 Å². The topological polar surface area (TPSA) is 28.2 Å². The van der Waals surface area contributed by atoms with Crippen LogP contribution in [-0.2, 0) is 6.42 Å². The second-order valence-electron chi connectivity index (χ2n) is 4.11. The average molecular weight is 251 g/mol. The van der Waals surface area contributed by atoms with Gasteiger partial charge in [-0.05, 0) is 42.8 Å². The molecule has 4 heteroatoms. The molecule has 0 saturated heterocycles. The van der Waals surface area contributed by atoms with E-state index in [9.17, 15) is 0 Å². The Kier molecular flexibility index (Phi) is 6.55. The maximum absolute atomic E-state index is 5.31. The molecule has 0 saturated carbocycles. The standard InChI is InChI=1S/C13H21N3S/c1-3-4-8-15-13(17)16(2)11-7-12-5-9-14-10-6-12/h5-6,9-10H,3-4,7-8,11H2,1-2H3,(H,15,17). The zero-order valence-electron chi connectivity index (χ0n) is 10.6. The molecule has 0 radical (unpaired) electrons. The smallest absolute Gasteiger partial charge is 0.168 e. The zero-order valence-corrected chi connectivity index (χ0v) is 11.5. The average Bonchev–Trinajstić information content (AvgIpc) is 2.37. The highest BCUT2D eigenvalue weighted by Gasteiger charge is 2.03. The van der Waals surface area contributed by atoms with Gasteiger partial charge in [-0.3, -0.25) is 4.98 Å². The summed E-state index contributed by atoms with van der Waals surface area (Å²) in [5.74, 6) is 0. The number of hydrogen-bond acceptors (Lipinski definition) is 2. The molecule has 0 unspecified atom stereocenters. The Morgan fingerprint density at radius 3 is 2.76 bits per heavy atom. The second kappa shape index (κ2) is 8.01. The highest BCUT2D eigenvalue weighted by Crippen LogP contribution is 1.99. The minimum Gasteiger partial charge on any atom is -0.363 e. The van der Waals surface area contributed by atoms with Crippen LogP contribution in [0.4, 0.5) is 0 Å². The normalized spacial score (nSPS) is 10.0. The first-order chi connectivity index (χ1) is 8.24. The molecule has 0 aliphatic rings. The molecule has 0 aromatic carbocycles. The summed E-state index contributed by atoms with van der Waals surface area (Å²) in [5, 5.41) is 4.10. The third-order valence-electron chi connectivity index (χ3n) is 2.64. The van der Waals surface area contributed by atoms with E-state index in [4.69, 9.17) is 12.2 Å². The lowest BCUT2D eigenvalue weighted by molar-refractivity contribution is 0.495. The molecule has 0 atom stereocenters. The molecule has 1 aromatic heterocycles. The Labute approximate surface area is 109 Å². The van der Waals surface area contributed by atoms with E-state index < -0.39 is 0 Å². The van der Waals surface area contributed by atoms with Crippen molar-refractivity contribution in [3.05, 3.63) is 30.1 Å². The fraction of sp³-hybridized carbons (Fsp3) is 0.538. The van der Waals surface area contributed by atoms with E-state index >= 15 is 0 Å². The molecule has 94 valence electrons. The predicted molar refractivity (Wildman–Crippen MR) is 76.1 cm³/mol. The van der Waals surface area contributed by atoms with Crippen LogP contribution in [0.1, 0.15) is 25.3 Å². The van der Waals surface area contributed by atoms with Crippen LogP contribution >= 0.6 is 12.2 Å². The number of rotatable bonds is 6. The molecular formula is C13H21N3S. The molecule has 3 nitrogen and oxygen atoms in total. The highest BCUT2D eigenvalue weighted by atomic mass is 32.1. The number of aromatic nitrogens is 1. The molecule has 0 aliphatic carbocycles. The zero-order chi connectivity index (χ0) is 12.5. The molecule has 17 heavy (non-hydrogen) atoms. The molecule has 0 fully saturated rings. The van der Waals surface area contributed by atoms with Gasteiger partial charge in [0.25, 0.3) is 0 Å². The summed E-state index contributed by atoms with van der Waals surface area (Å²) in [4.78, 5) is 6.09. The SMILES string of the molecule is CCCCNC(=S)N(C)CCc1ccncc1. The molecular weight excluding hydrogens is 230 g/mol. The van der Waals surface area contributed by atoms with E-state index in [-0.39, 0.29) is 0 Å². The minimum atomic E-state index is 0.840. The van der Waals surface area contributed by atoms with Gasteiger partial charge in [0, 0.05) is 32.5 Å². The van der Waals surface area contributed by atoms with E-state index in [2.05, 4.69) is 22.1 Å². The summed E-state index contributed by atoms with van der Waals surface area (Å²) >= 11 is 5.31. The molecule has 0 amide bonds. The van der Waals surface area contributed by atoms with Gasteiger partial charge >= 0.3 is 0 Å². The number of likely N-dealkylation sites (N-methyl/N-ethyl adjacent to an activating group) is 1. The summed E-state index contributed by atoms with van der Waals surface area (Å²) in [6, 6.07) is 4.09. The minimum absolute atomic E-state index is 0.840. The van der Waals surface area contributed by atoms with Crippen LogP contribution in [0.15, 0.2) is 24.5 Å². The fourth-order valence-electron chi connectivity index (χ4n) is 1.45. The van der Waals surface area contributed by atoms with E-state index in [0.717, 1.165) is 24.6 Å². The highest BCUT2D eigenvalue weighted by molar-refractivity contribution is 7.80. The molecule has 0 bridgehead atoms. The first-order valence-electron chi connectivity index (χ1n) is 6.12. The van der Waals surface area contributed by atoms with Crippen LogP contribution in [0.5, 0.6) is 0 Å². The van der Waals surface area contributed by atoms with E-state index in [1.807, 2.05) is 31.6 Å². The first kappa shape index (κ1) is 13.9. The molecule has 1 N–H and O–H groups in total. The number of nitrogens with one attached hydrogen (secondary N) is 1. The summed E-state index contributed by atoms with van der Waals surface area (Å²) in [6.45, 7) is 4.08. The molecule has 1 rings (SSSR count). The Hall–Kier alpha value is -1.16. The Bertz CT molecular complexity index is 327. The van der Waals surface area contributed by atoms with Crippen LogP contribution in [0.2, 0.25) is 0 Å². The number of thiocarbonyl (C=S) groups is 1. The van der Waals surface area contributed by atoms with Crippen LogP contribution in [0, 0.1) is 0 Å². The van der Waals surface area contributed by atoms with E-state index in [1.54, 1.807) is 0 Å². The van der Waals surface area contributed by atoms with Crippen molar-refractivity contribution in [2.24, 2.45) is 0 Å². The summed E-state index contributed by atoms with van der Waals surface area (Å²) in [6.07, 6.45) is 7.00. The van der Waals surface area contributed by atoms with Crippen molar-refractivity contribution < 1.29 is 0 Å². The molecule has 1 heterocycles. The van der Waals surface area contributed by atoms with Crippen LogP contribution in [0.3, 0.4) is 0 Å². The van der Waals surface area contributed by atoms with Crippen molar-refractivity contribution in [2.75, 3.05) is 20.1 Å². The van der Waals surface area contributed by atoms with Crippen molar-refractivity contribution in [1.29, 1.82) is 0 Å². The largest absolute Gasteiger partial charge is 0.363 e. The molecule has 0 spiro atoms. The first-order valence-corrected chi connectivity index (χ1v) is 6.52. The number of nitrogens with zero attached hydrogens (tertiary/aromatic N) is 2. The van der Waals surface area contributed by atoms with Gasteiger partial charge in [0.1, 0.15) is 0 Å². The van der Waals surface area contributed by atoms with Gasteiger partial charge in [-0.2, -0.15) is 0 Å². The van der Waals surface area contributed by atoms with Gasteiger partial charge in [0.05, 0.1) is 0 Å². The number of pyridine rings is 1. The molecule has 0 aliphatic heterocycles. The van der Waals surface area contributed by atoms with Gasteiger partial charge in [0.15, 0.2) is 5.11 Å². The van der Waals surface area contributed by atoms with Crippen molar-refractivity contribution in [2.45, 2.75) is 26.2 Å². The predicted octanol–water partition coefficient (Wildman–Crippen LogP) is 2.23. The lowest BCUT2D eigenvalue weighted by Gasteiger charge is -2.20. The summed E-state index contributed by atoms with van der Waals surface area (Å²) in [7, 11) is 2.03. The van der Waals surface area contributed by atoms with Crippen LogP contribution in [0.25, 0.3) is 0 Å². The van der Waals surface area contributed by atoms with Crippen LogP contribution < -0.4 is 5.32 Å². The lowest BCUT2D eigenvalue weighted by Crippen LogP contribution is -2.38.